The number of hydrogen-bond acceptors (Lipinski definition) is 1. The fourth-order valence-corrected chi connectivity index (χ4v) is 0.866. The number of carbonyl (C=O) groups excluding carboxylic acids is 1. The van der Waals surface area contributed by atoms with Gasteiger partial charge in [-0.2, -0.15) is 0 Å². The smallest absolute Gasteiger partial charge is 0.223 e. The second-order valence-electron chi connectivity index (χ2n) is 1.24. The van der Waals surface area contributed by atoms with Gasteiger partial charge in [-0.3, -0.25) is 4.79 Å². The van der Waals surface area contributed by atoms with Crippen molar-refractivity contribution < 1.29 is 4.79 Å². The summed E-state index contributed by atoms with van der Waals surface area (Å²) in [6.45, 7) is 0. The summed E-state index contributed by atoms with van der Waals surface area (Å²) in [5, 5.41) is 2.58. The molecule has 1 aliphatic heterocycles. The number of nitrogens with one attached hydrogen (secondary N) is 1. The molecular weight excluding hydrogens is 146 g/mol. The lowest BCUT2D eigenvalue weighted by Gasteiger charge is -2.19. The lowest BCUT2D eigenvalue weighted by Crippen LogP contribution is -2.44. The maximum atomic E-state index is 9.97. The van der Waals surface area contributed by atoms with Gasteiger partial charge in [0.05, 0.1) is 11.4 Å². The lowest BCUT2D eigenvalue weighted by molar-refractivity contribution is -0.126. The second-order valence-corrected chi connectivity index (χ2v) is 2.34. The summed E-state index contributed by atoms with van der Waals surface area (Å²) in [5.74, 6) is 0.136. The first kappa shape index (κ1) is 4.12. The average molecular weight is 150 g/mol. The SMILES string of the molecule is O=C1CC(Br)N1. The minimum atomic E-state index is 0.136. The van der Waals surface area contributed by atoms with Gasteiger partial charge in [0.1, 0.15) is 0 Å². The lowest BCUT2D eigenvalue weighted by atomic mass is 10.3. The highest BCUT2D eigenvalue weighted by atomic mass is 79.9. The van der Waals surface area contributed by atoms with Crippen molar-refractivity contribution in [3.8, 4) is 0 Å². The maximum absolute atomic E-state index is 9.97. The molecule has 0 aromatic heterocycles. The third-order valence-corrected chi connectivity index (χ3v) is 1.23. The van der Waals surface area contributed by atoms with E-state index in [1.165, 1.54) is 0 Å². The molecule has 1 heterocycles. The fraction of sp³-hybridized carbons (Fsp3) is 0.667. The van der Waals surface area contributed by atoms with E-state index in [9.17, 15) is 4.79 Å². The number of carbonyl (C=O) groups is 1. The molecule has 6 heavy (non-hydrogen) atoms. The quantitative estimate of drug-likeness (QED) is 0.299. The second kappa shape index (κ2) is 1.22. The van der Waals surface area contributed by atoms with Crippen molar-refractivity contribution in [2.45, 2.75) is 11.4 Å². The van der Waals surface area contributed by atoms with E-state index in [0.29, 0.717) is 6.42 Å². The molecule has 1 aliphatic rings. The minimum Gasteiger partial charge on any atom is -0.343 e. The van der Waals surface area contributed by atoms with Gasteiger partial charge in [0.2, 0.25) is 5.91 Å². The molecule has 0 radical (unpaired) electrons. The van der Waals surface area contributed by atoms with Gasteiger partial charge in [0.15, 0.2) is 0 Å². The van der Waals surface area contributed by atoms with Crippen molar-refractivity contribution in [3.05, 3.63) is 0 Å². The molecule has 0 bridgehead atoms. The molecule has 0 spiro atoms. The van der Waals surface area contributed by atoms with Crippen LogP contribution in [0.5, 0.6) is 0 Å². The van der Waals surface area contributed by atoms with Gasteiger partial charge in [-0.25, -0.2) is 0 Å². The zero-order chi connectivity index (χ0) is 4.57. The van der Waals surface area contributed by atoms with E-state index in [1.54, 1.807) is 0 Å². The summed E-state index contributed by atoms with van der Waals surface area (Å²) in [5.41, 5.74) is 0. The predicted octanol–water partition coefficient (Wildman–Crippen LogP) is 0.227. The summed E-state index contributed by atoms with van der Waals surface area (Å²) in [6.07, 6.45) is 0.639. The molecule has 1 saturated heterocycles. The molecule has 1 fully saturated rings. The van der Waals surface area contributed by atoms with E-state index >= 15 is 0 Å². The topological polar surface area (TPSA) is 29.1 Å². The Hall–Kier alpha value is -0.0500. The van der Waals surface area contributed by atoms with Crippen LogP contribution in [-0.4, -0.2) is 10.9 Å². The van der Waals surface area contributed by atoms with Crippen molar-refractivity contribution in [2.24, 2.45) is 0 Å². The molecule has 1 atom stereocenters. The van der Waals surface area contributed by atoms with Crippen LogP contribution in [0.4, 0.5) is 0 Å². The van der Waals surface area contributed by atoms with Crippen molar-refractivity contribution >= 4 is 21.8 Å². The van der Waals surface area contributed by atoms with Gasteiger partial charge in [-0.15, -0.1) is 0 Å². The molecule has 3 heteroatoms. The largest absolute Gasteiger partial charge is 0.343 e. The van der Waals surface area contributed by atoms with Crippen molar-refractivity contribution in [1.82, 2.24) is 5.32 Å². The van der Waals surface area contributed by atoms with Crippen LogP contribution in [0, 0.1) is 0 Å². The molecule has 1 rings (SSSR count). The molecule has 0 aliphatic carbocycles. The first-order valence-corrected chi connectivity index (χ1v) is 2.64. The van der Waals surface area contributed by atoms with E-state index in [1.807, 2.05) is 0 Å². The van der Waals surface area contributed by atoms with Gasteiger partial charge in [-0.05, 0) is 0 Å². The zero-order valence-corrected chi connectivity index (χ0v) is 4.66. The normalized spacial score (nSPS) is 31.5. The van der Waals surface area contributed by atoms with Gasteiger partial charge in [0.25, 0.3) is 0 Å². The van der Waals surface area contributed by atoms with E-state index in [4.69, 9.17) is 0 Å². The molecular formula is C3H4BrNO. The number of β-lactam (4-membered cyclic amide) rings is 1. The van der Waals surface area contributed by atoms with Crippen molar-refractivity contribution in [1.29, 1.82) is 0 Å². The molecule has 0 aromatic carbocycles. The van der Waals surface area contributed by atoms with Gasteiger partial charge in [-0.1, -0.05) is 15.9 Å². The van der Waals surface area contributed by atoms with Crippen LogP contribution in [0.25, 0.3) is 0 Å². The number of amides is 1. The van der Waals surface area contributed by atoms with Crippen LogP contribution in [-0.2, 0) is 4.79 Å². The number of rotatable bonds is 0. The highest BCUT2D eigenvalue weighted by Gasteiger charge is 2.20. The summed E-state index contributed by atoms with van der Waals surface area (Å²) < 4.78 is 0. The first-order valence-electron chi connectivity index (χ1n) is 1.72. The number of alkyl halides is 1. The Kier molecular flexibility index (Phi) is 0.839. The highest BCUT2D eigenvalue weighted by molar-refractivity contribution is 9.09. The molecule has 1 N–H and O–H groups in total. The zero-order valence-electron chi connectivity index (χ0n) is 3.07. The van der Waals surface area contributed by atoms with Gasteiger partial charge < -0.3 is 5.32 Å². The number of hydrogen-bond donors (Lipinski definition) is 1. The van der Waals surface area contributed by atoms with Crippen LogP contribution in [0.2, 0.25) is 0 Å². The molecule has 34 valence electrons. The van der Waals surface area contributed by atoms with Crippen LogP contribution >= 0.6 is 15.9 Å². The van der Waals surface area contributed by atoms with Crippen LogP contribution in [0.3, 0.4) is 0 Å². The van der Waals surface area contributed by atoms with Crippen LogP contribution < -0.4 is 5.32 Å². The highest BCUT2D eigenvalue weighted by Crippen LogP contribution is 2.08. The van der Waals surface area contributed by atoms with E-state index < -0.39 is 0 Å². The Labute approximate surface area is 44.0 Å². The Balaban J connectivity index is 2.28. The first-order chi connectivity index (χ1) is 2.79. The molecule has 1 unspecified atom stereocenters. The maximum Gasteiger partial charge on any atom is 0.223 e. The van der Waals surface area contributed by atoms with Crippen LogP contribution in [0.1, 0.15) is 6.42 Å². The predicted molar refractivity (Wildman–Crippen MR) is 25.5 cm³/mol. The summed E-state index contributed by atoms with van der Waals surface area (Å²) in [6, 6.07) is 0. The van der Waals surface area contributed by atoms with Crippen molar-refractivity contribution in [3.63, 3.8) is 0 Å². The Morgan fingerprint density at radius 3 is 2.50 bits per heavy atom. The minimum absolute atomic E-state index is 0.136. The Morgan fingerprint density at radius 1 is 2.00 bits per heavy atom. The molecule has 2 nitrogen and oxygen atoms in total. The van der Waals surface area contributed by atoms with Gasteiger partial charge >= 0.3 is 0 Å². The summed E-state index contributed by atoms with van der Waals surface area (Å²) in [4.78, 5) is 10.2. The van der Waals surface area contributed by atoms with Crippen molar-refractivity contribution in [2.75, 3.05) is 0 Å². The van der Waals surface area contributed by atoms with Gasteiger partial charge in [0, 0.05) is 0 Å². The summed E-state index contributed by atoms with van der Waals surface area (Å²) in [7, 11) is 0. The molecule has 1 amide bonds. The van der Waals surface area contributed by atoms with E-state index in [0.717, 1.165) is 0 Å². The molecule has 0 aromatic rings. The van der Waals surface area contributed by atoms with Crippen LogP contribution in [0.15, 0.2) is 0 Å². The molecule has 0 saturated carbocycles. The summed E-state index contributed by atoms with van der Waals surface area (Å²) >= 11 is 3.17. The third kappa shape index (κ3) is 0.544. The third-order valence-electron chi connectivity index (χ3n) is 0.682. The monoisotopic (exact) mass is 149 g/mol. The Morgan fingerprint density at radius 2 is 2.50 bits per heavy atom. The van der Waals surface area contributed by atoms with E-state index in [-0.39, 0.29) is 10.9 Å². The number of halogens is 1. The Bertz CT molecular complexity index is 74.9. The standard InChI is InChI=1S/C3H4BrNO/c4-2-1-3(6)5-2/h2H,1H2,(H,5,6). The average Bonchev–Trinajstić information content (AvgIpc) is 1.33. The van der Waals surface area contributed by atoms with E-state index in [2.05, 4.69) is 21.2 Å². The fourth-order valence-electron chi connectivity index (χ4n) is 0.316.